The summed E-state index contributed by atoms with van der Waals surface area (Å²) in [5, 5.41) is 8.96. The summed E-state index contributed by atoms with van der Waals surface area (Å²) < 4.78 is 8.01. The second-order valence-corrected chi connectivity index (χ2v) is 10.7. The van der Waals surface area contributed by atoms with Crippen LogP contribution in [0.3, 0.4) is 0 Å². The number of carbonyl (C=O) groups is 1. The van der Waals surface area contributed by atoms with Crippen molar-refractivity contribution in [2.45, 2.75) is 39.8 Å². The maximum atomic E-state index is 12.9. The van der Waals surface area contributed by atoms with Crippen LogP contribution in [0.5, 0.6) is 5.75 Å². The Hall–Kier alpha value is -2.32. The molecule has 0 aliphatic heterocycles. The molecule has 4 aromatic rings. The fourth-order valence-electron chi connectivity index (χ4n) is 3.58. The molecule has 0 aliphatic carbocycles. The fraction of sp³-hybridized carbons (Fsp3) is 0.280. The second-order valence-electron chi connectivity index (χ2n) is 7.82. The molecule has 0 aliphatic rings. The van der Waals surface area contributed by atoms with Crippen molar-refractivity contribution in [3.63, 3.8) is 0 Å². The quantitative estimate of drug-likeness (QED) is 0.215. The molecule has 3 aromatic heterocycles. The first-order valence-electron chi connectivity index (χ1n) is 11.0. The predicted molar refractivity (Wildman–Crippen MR) is 142 cm³/mol. The molecule has 1 N–H and O–H groups in total. The van der Waals surface area contributed by atoms with Crippen molar-refractivity contribution in [2.75, 3.05) is 6.54 Å². The van der Waals surface area contributed by atoms with Gasteiger partial charge in [0.05, 0.1) is 23.5 Å². The van der Waals surface area contributed by atoms with Gasteiger partial charge in [-0.3, -0.25) is 4.79 Å². The van der Waals surface area contributed by atoms with E-state index in [0.717, 1.165) is 34.9 Å². The minimum atomic E-state index is -0.0475. The number of unbranched alkanes of at least 4 members (excludes halogenated alkanes) is 1. The van der Waals surface area contributed by atoms with Crippen LogP contribution in [0.2, 0.25) is 10.0 Å². The Morgan fingerprint density at radius 2 is 1.97 bits per heavy atom. The van der Waals surface area contributed by atoms with Crippen molar-refractivity contribution in [3.05, 3.63) is 78.3 Å². The van der Waals surface area contributed by atoms with Crippen LogP contribution >= 0.6 is 45.9 Å². The highest BCUT2D eigenvalue weighted by atomic mass is 35.5. The molecule has 0 saturated carbocycles. The van der Waals surface area contributed by atoms with E-state index in [4.69, 9.17) is 32.9 Å². The lowest BCUT2D eigenvalue weighted by Gasteiger charge is -2.10. The second kappa shape index (κ2) is 11.4. The number of benzene rings is 1. The minimum Gasteiger partial charge on any atom is -0.486 e. The van der Waals surface area contributed by atoms with Gasteiger partial charge in [0.2, 0.25) is 0 Å². The normalized spacial score (nSPS) is 11.1. The molecular formula is C25H25Cl2N3O2S2. The third kappa shape index (κ3) is 6.02. The van der Waals surface area contributed by atoms with Gasteiger partial charge in [0, 0.05) is 32.5 Å². The smallest absolute Gasteiger partial charge is 0.253 e. The molecular weight excluding hydrogens is 509 g/mol. The van der Waals surface area contributed by atoms with Gasteiger partial charge in [-0.2, -0.15) is 0 Å². The van der Waals surface area contributed by atoms with Gasteiger partial charge in [-0.05, 0) is 49.1 Å². The Morgan fingerprint density at radius 3 is 2.68 bits per heavy atom. The third-order valence-electron chi connectivity index (χ3n) is 5.33. The summed E-state index contributed by atoms with van der Waals surface area (Å²) in [6.07, 6.45) is 2.00. The Kier molecular flexibility index (Phi) is 8.32. The first kappa shape index (κ1) is 24.8. The van der Waals surface area contributed by atoms with Crippen LogP contribution in [0.15, 0.2) is 47.2 Å². The number of thiophene rings is 1. The van der Waals surface area contributed by atoms with Gasteiger partial charge >= 0.3 is 0 Å². The Labute approximate surface area is 217 Å². The van der Waals surface area contributed by atoms with E-state index >= 15 is 0 Å². The SMILES string of the molecule is CCCCNC(=O)c1cc(-c2csc(COc3cc(Cl)cc(Cl)c3)n2)n(Cc2cccs2)c1C. The molecule has 3 heterocycles. The van der Waals surface area contributed by atoms with Crippen LogP contribution in [0.4, 0.5) is 0 Å². The van der Waals surface area contributed by atoms with E-state index in [-0.39, 0.29) is 5.91 Å². The number of hydrogen-bond acceptors (Lipinski definition) is 5. The number of amides is 1. The van der Waals surface area contributed by atoms with Crippen molar-refractivity contribution in [2.24, 2.45) is 0 Å². The van der Waals surface area contributed by atoms with Gasteiger partial charge in [0.25, 0.3) is 5.91 Å². The summed E-state index contributed by atoms with van der Waals surface area (Å²) in [5.74, 6) is 0.547. The van der Waals surface area contributed by atoms with Crippen molar-refractivity contribution >= 4 is 51.8 Å². The van der Waals surface area contributed by atoms with Gasteiger partial charge in [0.15, 0.2) is 0 Å². The minimum absolute atomic E-state index is 0.0475. The maximum Gasteiger partial charge on any atom is 0.253 e. The molecule has 0 radical (unpaired) electrons. The number of hydrogen-bond donors (Lipinski definition) is 1. The number of nitrogens with zero attached hydrogens (tertiary/aromatic N) is 2. The molecule has 0 saturated heterocycles. The standard InChI is InChI=1S/C25H25Cl2N3O2S2/c1-3-4-7-28-25(31)21-12-23(30(16(21)2)13-20-6-5-8-33-20)22-15-34-24(29-22)14-32-19-10-17(26)9-18(27)11-19/h5-6,8-12,15H,3-4,7,13-14H2,1-2H3,(H,28,31). The van der Waals surface area contributed by atoms with Crippen molar-refractivity contribution in [3.8, 4) is 17.1 Å². The molecule has 0 unspecified atom stereocenters. The molecule has 0 spiro atoms. The molecule has 4 rings (SSSR count). The lowest BCUT2D eigenvalue weighted by Crippen LogP contribution is -2.24. The van der Waals surface area contributed by atoms with Crippen LogP contribution in [-0.2, 0) is 13.2 Å². The average Bonchev–Trinajstić information content (AvgIpc) is 3.54. The summed E-state index contributed by atoms with van der Waals surface area (Å²) in [6.45, 7) is 5.76. The lowest BCUT2D eigenvalue weighted by molar-refractivity contribution is 0.0952. The number of carbonyl (C=O) groups excluding carboxylic acids is 1. The van der Waals surface area contributed by atoms with E-state index in [1.165, 1.54) is 16.2 Å². The zero-order valence-electron chi connectivity index (χ0n) is 18.9. The number of nitrogens with one attached hydrogen (secondary N) is 1. The Balaban J connectivity index is 1.58. The van der Waals surface area contributed by atoms with Crippen molar-refractivity contribution in [1.82, 2.24) is 14.9 Å². The lowest BCUT2D eigenvalue weighted by atomic mass is 10.2. The highest BCUT2D eigenvalue weighted by Gasteiger charge is 2.20. The number of thiazole rings is 1. The molecule has 0 bridgehead atoms. The van der Waals surface area contributed by atoms with Gasteiger partial charge in [-0.25, -0.2) is 4.98 Å². The zero-order valence-corrected chi connectivity index (χ0v) is 22.1. The number of halogens is 2. The van der Waals surface area contributed by atoms with Gasteiger partial charge in [-0.1, -0.05) is 42.6 Å². The monoisotopic (exact) mass is 533 g/mol. The summed E-state index contributed by atoms with van der Waals surface area (Å²) in [4.78, 5) is 18.9. The molecule has 0 fully saturated rings. The molecule has 9 heteroatoms. The van der Waals surface area contributed by atoms with Crippen molar-refractivity contribution < 1.29 is 9.53 Å². The highest BCUT2D eigenvalue weighted by molar-refractivity contribution is 7.10. The van der Waals surface area contributed by atoms with Crippen LogP contribution in [0.1, 0.15) is 45.7 Å². The largest absolute Gasteiger partial charge is 0.486 e. The Bertz CT molecular complexity index is 1250. The molecule has 5 nitrogen and oxygen atoms in total. The number of aromatic nitrogens is 2. The van der Waals surface area contributed by atoms with E-state index in [2.05, 4.69) is 28.3 Å². The fourth-order valence-corrected chi connectivity index (χ4v) is 5.47. The van der Waals surface area contributed by atoms with Gasteiger partial charge < -0.3 is 14.6 Å². The van der Waals surface area contributed by atoms with Crippen LogP contribution in [-0.4, -0.2) is 22.0 Å². The zero-order chi connectivity index (χ0) is 24.1. The topological polar surface area (TPSA) is 56.1 Å². The summed E-state index contributed by atoms with van der Waals surface area (Å²) in [6, 6.07) is 11.2. The first-order valence-corrected chi connectivity index (χ1v) is 13.5. The molecule has 0 atom stereocenters. The van der Waals surface area contributed by atoms with Crippen LogP contribution in [0.25, 0.3) is 11.4 Å². The summed E-state index contributed by atoms with van der Waals surface area (Å²) in [5.41, 5.74) is 3.35. The first-order chi connectivity index (χ1) is 16.4. The van der Waals surface area contributed by atoms with Crippen LogP contribution in [0, 0.1) is 6.92 Å². The average molecular weight is 535 g/mol. The van der Waals surface area contributed by atoms with Gasteiger partial charge in [-0.15, -0.1) is 22.7 Å². The molecule has 1 aromatic carbocycles. The molecule has 178 valence electrons. The maximum absolute atomic E-state index is 12.9. The number of ether oxygens (including phenoxy) is 1. The Morgan fingerprint density at radius 1 is 1.18 bits per heavy atom. The summed E-state index contributed by atoms with van der Waals surface area (Å²) >= 11 is 15.3. The number of rotatable bonds is 10. The molecule has 1 amide bonds. The predicted octanol–water partition coefficient (Wildman–Crippen LogP) is 7.45. The highest BCUT2D eigenvalue weighted by Crippen LogP contribution is 2.30. The van der Waals surface area contributed by atoms with E-state index in [1.807, 2.05) is 24.4 Å². The van der Waals surface area contributed by atoms with Gasteiger partial charge in [0.1, 0.15) is 17.4 Å². The van der Waals surface area contributed by atoms with E-state index in [0.29, 0.717) is 41.1 Å². The van der Waals surface area contributed by atoms with E-state index < -0.39 is 0 Å². The van der Waals surface area contributed by atoms with Crippen molar-refractivity contribution in [1.29, 1.82) is 0 Å². The molecule has 34 heavy (non-hydrogen) atoms. The van der Waals surface area contributed by atoms with Crippen LogP contribution < -0.4 is 10.1 Å². The third-order valence-corrected chi connectivity index (χ3v) is 7.45. The summed E-state index contributed by atoms with van der Waals surface area (Å²) in [7, 11) is 0. The van der Waals surface area contributed by atoms with E-state index in [9.17, 15) is 4.79 Å². The van der Waals surface area contributed by atoms with E-state index in [1.54, 1.807) is 29.5 Å².